The number of rotatable bonds is 5. The minimum atomic E-state index is -4.81. The van der Waals surface area contributed by atoms with Crippen molar-refractivity contribution < 1.29 is 37.0 Å². The number of halogens is 3. The van der Waals surface area contributed by atoms with Gasteiger partial charge in [-0.15, -0.1) is 13.2 Å². The van der Waals surface area contributed by atoms with Crippen LogP contribution in [0.5, 0.6) is 17.2 Å². The number of amides is 2. The van der Waals surface area contributed by atoms with Gasteiger partial charge in [0.15, 0.2) is 11.5 Å². The molecular formula is C19H15F3N2O5. The van der Waals surface area contributed by atoms with E-state index in [1.165, 1.54) is 12.1 Å². The fourth-order valence-electron chi connectivity index (χ4n) is 3.15. The molecule has 2 aromatic carbocycles. The van der Waals surface area contributed by atoms with Crippen molar-refractivity contribution in [2.75, 3.05) is 11.7 Å². The molecule has 2 heterocycles. The van der Waals surface area contributed by atoms with E-state index in [4.69, 9.17) is 9.47 Å². The minimum absolute atomic E-state index is 0.0514. The normalized spacial score (nSPS) is 18.4. The molecular weight excluding hydrogens is 393 g/mol. The van der Waals surface area contributed by atoms with Crippen molar-refractivity contribution in [1.29, 1.82) is 0 Å². The molecule has 0 bridgehead atoms. The lowest BCUT2D eigenvalue weighted by molar-refractivity contribution is -0.274. The van der Waals surface area contributed by atoms with Gasteiger partial charge in [0.05, 0.1) is 18.2 Å². The molecule has 29 heavy (non-hydrogen) atoms. The van der Waals surface area contributed by atoms with Gasteiger partial charge < -0.3 is 19.5 Å². The van der Waals surface area contributed by atoms with Crippen LogP contribution in [0.1, 0.15) is 12.0 Å². The van der Waals surface area contributed by atoms with Gasteiger partial charge in [-0.25, -0.2) is 4.90 Å². The van der Waals surface area contributed by atoms with Gasteiger partial charge in [0, 0.05) is 6.54 Å². The Morgan fingerprint density at radius 1 is 1.07 bits per heavy atom. The summed E-state index contributed by atoms with van der Waals surface area (Å²) in [5, 5.41) is 3.03. The Balaban J connectivity index is 1.41. The van der Waals surface area contributed by atoms with Gasteiger partial charge >= 0.3 is 6.36 Å². The van der Waals surface area contributed by atoms with Crippen molar-refractivity contribution in [3.8, 4) is 17.2 Å². The molecule has 10 heteroatoms. The van der Waals surface area contributed by atoms with Gasteiger partial charge in [-0.05, 0) is 42.0 Å². The van der Waals surface area contributed by atoms with Crippen LogP contribution in [0.25, 0.3) is 0 Å². The fraction of sp³-hybridized carbons (Fsp3) is 0.263. The number of anilines is 1. The molecule has 1 N–H and O–H groups in total. The van der Waals surface area contributed by atoms with E-state index in [1.807, 2.05) is 6.07 Å². The summed E-state index contributed by atoms with van der Waals surface area (Å²) in [4.78, 5) is 25.9. The SMILES string of the molecule is O=C1C[C@H](NCc2ccc3c(c2)OCO3)C(=O)N1c1ccc(OC(F)(F)F)cc1. The maximum atomic E-state index is 12.6. The monoisotopic (exact) mass is 408 g/mol. The zero-order chi connectivity index (χ0) is 20.6. The second kappa shape index (κ2) is 7.28. The molecule has 0 spiro atoms. The van der Waals surface area contributed by atoms with Gasteiger partial charge in [0.25, 0.3) is 5.91 Å². The van der Waals surface area contributed by atoms with Crippen molar-refractivity contribution in [1.82, 2.24) is 5.32 Å². The molecule has 1 atom stereocenters. The lowest BCUT2D eigenvalue weighted by Gasteiger charge is -2.16. The highest BCUT2D eigenvalue weighted by atomic mass is 19.4. The lowest BCUT2D eigenvalue weighted by Crippen LogP contribution is -2.38. The second-order valence-corrected chi connectivity index (χ2v) is 6.43. The molecule has 0 aliphatic carbocycles. The second-order valence-electron chi connectivity index (χ2n) is 6.43. The van der Waals surface area contributed by atoms with Crippen molar-refractivity contribution in [2.24, 2.45) is 0 Å². The molecule has 1 saturated heterocycles. The van der Waals surface area contributed by atoms with Gasteiger partial charge in [-0.2, -0.15) is 0 Å². The number of benzene rings is 2. The van der Waals surface area contributed by atoms with Gasteiger partial charge in [0.2, 0.25) is 12.7 Å². The zero-order valence-electron chi connectivity index (χ0n) is 14.9. The van der Waals surface area contributed by atoms with Gasteiger partial charge in [0.1, 0.15) is 5.75 Å². The Kier molecular flexibility index (Phi) is 4.79. The molecule has 1 fully saturated rings. The number of ether oxygens (including phenoxy) is 3. The minimum Gasteiger partial charge on any atom is -0.454 e. The van der Waals surface area contributed by atoms with E-state index >= 15 is 0 Å². The average Bonchev–Trinajstić information content (AvgIpc) is 3.23. The number of imide groups is 1. The summed E-state index contributed by atoms with van der Waals surface area (Å²) < 4.78 is 51.1. The first-order chi connectivity index (χ1) is 13.8. The molecule has 7 nitrogen and oxygen atoms in total. The van der Waals surface area contributed by atoms with E-state index in [9.17, 15) is 22.8 Å². The number of fused-ring (bicyclic) bond motifs is 1. The van der Waals surface area contributed by atoms with Gasteiger partial charge in [-0.3, -0.25) is 9.59 Å². The molecule has 2 amide bonds. The Morgan fingerprint density at radius 2 is 1.79 bits per heavy atom. The molecule has 0 unspecified atom stereocenters. The van der Waals surface area contributed by atoms with E-state index in [0.29, 0.717) is 18.0 Å². The van der Waals surface area contributed by atoms with Crippen LogP contribution >= 0.6 is 0 Å². The first-order valence-electron chi connectivity index (χ1n) is 8.65. The Labute approximate surface area is 163 Å². The van der Waals surface area contributed by atoms with Gasteiger partial charge in [-0.1, -0.05) is 6.07 Å². The fourth-order valence-corrected chi connectivity index (χ4v) is 3.15. The van der Waals surface area contributed by atoms with Crippen LogP contribution in [0.4, 0.5) is 18.9 Å². The van der Waals surface area contributed by atoms with E-state index in [2.05, 4.69) is 10.1 Å². The van der Waals surface area contributed by atoms with E-state index in [-0.39, 0.29) is 18.9 Å². The highest BCUT2D eigenvalue weighted by Gasteiger charge is 2.39. The highest BCUT2D eigenvalue weighted by Crippen LogP contribution is 2.33. The molecule has 152 valence electrons. The summed E-state index contributed by atoms with van der Waals surface area (Å²) in [5.74, 6) is -0.0911. The number of hydrogen-bond donors (Lipinski definition) is 1. The maximum absolute atomic E-state index is 12.6. The first-order valence-corrected chi connectivity index (χ1v) is 8.65. The summed E-state index contributed by atoms with van der Waals surface area (Å²) in [6, 6.07) is 9.20. The summed E-state index contributed by atoms with van der Waals surface area (Å²) in [5.41, 5.74) is 1.03. The summed E-state index contributed by atoms with van der Waals surface area (Å²) in [6.45, 7) is 0.482. The molecule has 2 aliphatic rings. The first kappa shape index (κ1) is 19.1. The third kappa shape index (κ3) is 4.11. The summed E-state index contributed by atoms with van der Waals surface area (Å²) in [6.07, 6.45) is -4.87. The summed E-state index contributed by atoms with van der Waals surface area (Å²) >= 11 is 0. The van der Waals surface area contributed by atoms with Crippen molar-refractivity contribution in [2.45, 2.75) is 25.4 Å². The van der Waals surface area contributed by atoms with Crippen molar-refractivity contribution in [3.05, 3.63) is 48.0 Å². The number of hydrogen-bond acceptors (Lipinski definition) is 6. The molecule has 4 rings (SSSR count). The number of carbonyl (C=O) groups excluding carboxylic acids is 2. The van der Waals surface area contributed by atoms with Crippen LogP contribution < -0.4 is 24.4 Å². The average molecular weight is 408 g/mol. The smallest absolute Gasteiger partial charge is 0.454 e. The Hall–Kier alpha value is -3.27. The lowest BCUT2D eigenvalue weighted by atomic mass is 10.1. The van der Waals surface area contributed by atoms with Crippen LogP contribution in [0.2, 0.25) is 0 Å². The molecule has 2 aromatic rings. The number of nitrogens with zero attached hydrogens (tertiary/aromatic N) is 1. The molecule has 0 saturated carbocycles. The number of carbonyl (C=O) groups is 2. The highest BCUT2D eigenvalue weighted by molar-refractivity contribution is 6.22. The standard InChI is InChI=1S/C19H15F3N2O5/c20-19(21,22)29-13-4-2-12(3-5-13)24-17(25)8-14(18(24)26)23-9-11-1-6-15-16(7-11)28-10-27-15/h1-7,14,23H,8-10H2/t14-/m0/s1. The predicted octanol–water partition coefficient (Wildman–Crippen LogP) is 2.74. The Bertz CT molecular complexity index is 946. The largest absolute Gasteiger partial charge is 0.573 e. The van der Waals surface area contributed by atoms with E-state index < -0.39 is 30.0 Å². The third-order valence-electron chi connectivity index (χ3n) is 4.46. The van der Waals surface area contributed by atoms with E-state index in [0.717, 1.165) is 22.6 Å². The zero-order valence-corrected chi connectivity index (χ0v) is 14.9. The quantitative estimate of drug-likeness (QED) is 0.767. The third-order valence-corrected chi connectivity index (χ3v) is 4.46. The predicted molar refractivity (Wildman–Crippen MR) is 93.4 cm³/mol. The molecule has 0 radical (unpaired) electrons. The van der Waals surface area contributed by atoms with Crippen LogP contribution in [0, 0.1) is 0 Å². The maximum Gasteiger partial charge on any atom is 0.573 e. The van der Waals surface area contributed by atoms with Crippen LogP contribution in [0.3, 0.4) is 0 Å². The van der Waals surface area contributed by atoms with Crippen molar-refractivity contribution >= 4 is 17.5 Å². The van der Waals surface area contributed by atoms with E-state index in [1.54, 1.807) is 12.1 Å². The van der Waals surface area contributed by atoms with Crippen LogP contribution in [-0.4, -0.2) is 31.0 Å². The number of alkyl halides is 3. The van der Waals surface area contributed by atoms with Crippen molar-refractivity contribution in [3.63, 3.8) is 0 Å². The number of nitrogens with one attached hydrogen (secondary N) is 1. The van der Waals surface area contributed by atoms with Crippen LogP contribution in [-0.2, 0) is 16.1 Å². The topological polar surface area (TPSA) is 77.1 Å². The molecule has 2 aliphatic heterocycles. The molecule has 0 aromatic heterocycles. The summed E-state index contributed by atoms with van der Waals surface area (Å²) in [7, 11) is 0. The Morgan fingerprint density at radius 3 is 2.52 bits per heavy atom. The van der Waals surface area contributed by atoms with Crippen LogP contribution in [0.15, 0.2) is 42.5 Å².